The third-order valence-electron chi connectivity index (χ3n) is 8.98. The van der Waals surface area contributed by atoms with Crippen molar-refractivity contribution in [1.29, 1.82) is 0 Å². The van der Waals surface area contributed by atoms with Crippen LogP contribution in [0.15, 0.2) is 12.1 Å². The van der Waals surface area contributed by atoms with Crippen LogP contribution in [0.4, 0.5) is 4.39 Å². The first-order valence-corrected chi connectivity index (χ1v) is 13.1. The van der Waals surface area contributed by atoms with Gasteiger partial charge < -0.3 is 14.7 Å². The monoisotopic (exact) mass is 471 g/mol. The van der Waals surface area contributed by atoms with Crippen molar-refractivity contribution in [2.24, 2.45) is 23.2 Å². The minimum Gasteiger partial charge on any atom is -0.493 e. The minimum absolute atomic E-state index is 0.0283. The number of nitrogens with zero attached hydrogens (tertiary/aromatic N) is 1. The summed E-state index contributed by atoms with van der Waals surface area (Å²) in [5.41, 5.74) is -0.255. The molecule has 5 rings (SSSR count). The van der Waals surface area contributed by atoms with E-state index < -0.39 is 23.2 Å². The van der Waals surface area contributed by atoms with Crippen LogP contribution < -0.4 is 4.74 Å². The molecule has 1 amide bonds. The number of benzene rings is 1. The van der Waals surface area contributed by atoms with Crippen molar-refractivity contribution in [1.82, 2.24) is 4.90 Å². The zero-order chi connectivity index (χ0) is 24.3. The standard InChI is InChI=1S/C28H38FNO4/c1-17-9-19-10-18(2)14-28(13-17,15-19)16-34-24-12-23(29)22(11-21(24)20-5-6-20)25(31)30-8-4-7-27(30,3)26(32)33/h11-12,17-20H,4-10,13-16H2,1-3H3,(H,32,33). The van der Waals surface area contributed by atoms with E-state index in [-0.39, 0.29) is 16.9 Å². The number of hydrogen-bond acceptors (Lipinski definition) is 3. The number of ether oxygens (including phenoxy) is 1. The van der Waals surface area contributed by atoms with Crippen molar-refractivity contribution in [2.75, 3.05) is 13.2 Å². The lowest BCUT2D eigenvalue weighted by atomic mass is 9.57. The number of hydrogen-bond donors (Lipinski definition) is 1. The number of carbonyl (C=O) groups excluding carboxylic acids is 1. The quantitative estimate of drug-likeness (QED) is 0.551. The lowest BCUT2D eigenvalue weighted by Gasteiger charge is -2.49. The Kier molecular flexibility index (Phi) is 5.92. The van der Waals surface area contributed by atoms with Gasteiger partial charge in [-0.15, -0.1) is 0 Å². The van der Waals surface area contributed by atoms with E-state index in [1.165, 1.54) is 30.2 Å². The molecule has 186 valence electrons. The molecule has 2 bridgehead atoms. The van der Waals surface area contributed by atoms with E-state index in [9.17, 15) is 14.7 Å². The number of fused-ring (bicyclic) bond motifs is 2. The highest BCUT2D eigenvalue weighted by molar-refractivity contribution is 5.98. The third kappa shape index (κ3) is 4.22. The van der Waals surface area contributed by atoms with Crippen LogP contribution in [0.5, 0.6) is 5.75 Å². The molecule has 0 radical (unpaired) electrons. The number of rotatable bonds is 6. The SMILES string of the molecule is CC1CC2CC(C)CC(COc3cc(F)c(C(=O)N4CCCC4(C)C(=O)O)cc3C3CC3)(C1)C2. The van der Waals surface area contributed by atoms with Gasteiger partial charge in [0.1, 0.15) is 17.1 Å². The summed E-state index contributed by atoms with van der Waals surface area (Å²) < 4.78 is 21.7. The lowest BCUT2D eigenvalue weighted by molar-refractivity contribution is -0.147. The van der Waals surface area contributed by atoms with Crippen LogP contribution in [-0.4, -0.2) is 40.6 Å². The largest absolute Gasteiger partial charge is 0.493 e. The van der Waals surface area contributed by atoms with E-state index in [1.807, 2.05) is 0 Å². The van der Waals surface area contributed by atoms with Gasteiger partial charge in [0.05, 0.1) is 12.2 Å². The molecule has 1 aromatic carbocycles. The first-order valence-electron chi connectivity index (χ1n) is 13.1. The molecule has 0 aromatic heterocycles. The van der Waals surface area contributed by atoms with Gasteiger partial charge in [-0.2, -0.15) is 0 Å². The van der Waals surface area contributed by atoms with Crippen LogP contribution >= 0.6 is 0 Å². The van der Waals surface area contributed by atoms with Crippen molar-refractivity contribution in [2.45, 2.75) is 90.0 Å². The van der Waals surface area contributed by atoms with E-state index in [1.54, 1.807) is 13.0 Å². The Balaban J connectivity index is 1.40. The van der Waals surface area contributed by atoms with Gasteiger partial charge in [0.25, 0.3) is 5.91 Å². The second kappa shape index (κ2) is 8.53. The molecular formula is C28H38FNO4. The summed E-state index contributed by atoms with van der Waals surface area (Å²) in [6.07, 6.45) is 9.12. The first kappa shape index (κ1) is 23.6. The number of carbonyl (C=O) groups is 2. The van der Waals surface area contributed by atoms with Crippen LogP contribution in [0.25, 0.3) is 0 Å². The summed E-state index contributed by atoms with van der Waals surface area (Å²) in [5.74, 6) is 0.818. The molecule has 0 spiro atoms. The zero-order valence-electron chi connectivity index (χ0n) is 20.7. The van der Waals surface area contributed by atoms with Gasteiger partial charge in [-0.05, 0) is 100 Å². The summed E-state index contributed by atoms with van der Waals surface area (Å²) in [5, 5.41) is 9.70. The topological polar surface area (TPSA) is 66.8 Å². The van der Waals surface area contributed by atoms with Gasteiger partial charge in [-0.25, -0.2) is 9.18 Å². The summed E-state index contributed by atoms with van der Waals surface area (Å²) in [6.45, 7) is 7.18. The van der Waals surface area contributed by atoms with Crippen LogP contribution in [0, 0.1) is 29.0 Å². The molecule has 3 aliphatic carbocycles. The molecule has 1 heterocycles. The van der Waals surface area contributed by atoms with Crippen LogP contribution in [0.3, 0.4) is 0 Å². The summed E-state index contributed by atoms with van der Waals surface area (Å²) in [6, 6.07) is 3.04. The molecule has 4 fully saturated rings. The molecule has 4 aliphatic rings. The predicted molar refractivity (Wildman–Crippen MR) is 128 cm³/mol. The molecule has 1 aromatic rings. The van der Waals surface area contributed by atoms with Gasteiger partial charge >= 0.3 is 5.97 Å². The maximum Gasteiger partial charge on any atom is 0.329 e. The van der Waals surface area contributed by atoms with E-state index in [4.69, 9.17) is 4.74 Å². The van der Waals surface area contributed by atoms with Gasteiger partial charge in [-0.3, -0.25) is 4.79 Å². The highest BCUT2D eigenvalue weighted by atomic mass is 19.1. The Bertz CT molecular complexity index is 969. The smallest absolute Gasteiger partial charge is 0.329 e. The van der Waals surface area contributed by atoms with Crippen LogP contribution in [-0.2, 0) is 4.79 Å². The normalized spacial score (nSPS) is 35.3. The fourth-order valence-corrected chi connectivity index (χ4v) is 7.55. The molecule has 1 aliphatic heterocycles. The van der Waals surface area contributed by atoms with Gasteiger partial charge in [-0.1, -0.05) is 13.8 Å². The zero-order valence-corrected chi connectivity index (χ0v) is 20.7. The van der Waals surface area contributed by atoms with Gasteiger partial charge in [0, 0.05) is 18.0 Å². The molecule has 1 N–H and O–H groups in total. The number of amides is 1. The van der Waals surface area contributed by atoms with Crippen LogP contribution in [0.2, 0.25) is 0 Å². The van der Waals surface area contributed by atoms with Crippen molar-refractivity contribution >= 4 is 11.9 Å². The molecule has 3 atom stereocenters. The molecule has 3 saturated carbocycles. The maximum absolute atomic E-state index is 15.3. The van der Waals surface area contributed by atoms with Crippen LogP contribution in [0.1, 0.15) is 100 Å². The number of likely N-dealkylation sites (tertiary alicyclic amines) is 1. The molecule has 1 saturated heterocycles. The van der Waals surface area contributed by atoms with Crippen molar-refractivity contribution in [3.05, 3.63) is 29.1 Å². The maximum atomic E-state index is 15.3. The second-order valence-corrected chi connectivity index (χ2v) is 12.2. The average molecular weight is 472 g/mol. The average Bonchev–Trinajstić information content (AvgIpc) is 3.51. The minimum atomic E-state index is -1.29. The molecule has 6 heteroatoms. The molecule has 5 nitrogen and oxygen atoms in total. The van der Waals surface area contributed by atoms with E-state index in [0.717, 1.165) is 37.2 Å². The Morgan fingerprint density at radius 3 is 2.44 bits per heavy atom. The van der Waals surface area contributed by atoms with E-state index in [2.05, 4.69) is 13.8 Å². The Morgan fingerprint density at radius 2 is 1.82 bits per heavy atom. The number of halogens is 1. The molecule has 34 heavy (non-hydrogen) atoms. The fourth-order valence-electron chi connectivity index (χ4n) is 7.55. The number of aliphatic carboxylic acids is 1. The second-order valence-electron chi connectivity index (χ2n) is 12.2. The van der Waals surface area contributed by atoms with E-state index >= 15 is 4.39 Å². The summed E-state index contributed by atoms with van der Waals surface area (Å²) >= 11 is 0. The highest BCUT2D eigenvalue weighted by Gasteiger charge is 2.47. The predicted octanol–water partition coefficient (Wildman–Crippen LogP) is 6.01. The van der Waals surface area contributed by atoms with E-state index in [0.29, 0.717) is 43.6 Å². The lowest BCUT2D eigenvalue weighted by Crippen LogP contribution is -2.51. The first-order chi connectivity index (χ1) is 16.1. The Morgan fingerprint density at radius 1 is 1.15 bits per heavy atom. The number of carboxylic acids is 1. The van der Waals surface area contributed by atoms with Crippen molar-refractivity contribution in [3.63, 3.8) is 0 Å². The number of carboxylic acid groups (broad SMARTS) is 1. The Labute approximate surface area is 202 Å². The van der Waals surface area contributed by atoms with Gasteiger partial charge in [0.2, 0.25) is 0 Å². The fraction of sp³-hybridized carbons (Fsp3) is 0.714. The highest BCUT2D eigenvalue weighted by Crippen LogP contribution is 2.53. The molecule has 3 unspecified atom stereocenters. The molecular weight excluding hydrogens is 433 g/mol. The summed E-state index contributed by atoms with van der Waals surface area (Å²) in [7, 11) is 0. The van der Waals surface area contributed by atoms with Gasteiger partial charge in [0.15, 0.2) is 0 Å². The Hall–Kier alpha value is -2.11. The van der Waals surface area contributed by atoms with Crippen molar-refractivity contribution in [3.8, 4) is 5.75 Å². The van der Waals surface area contributed by atoms with Crippen molar-refractivity contribution < 1.29 is 23.8 Å². The third-order valence-corrected chi connectivity index (χ3v) is 8.98. The summed E-state index contributed by atoms with van der Waals surface area (Å²) in [4.78, 5) is 26.5.